The van der Waals surface area contributed by atoms with Gasteiger partial charge in [-0.3, -0.25) is 9.59 Å². The number of halogens is 2. The highest BCUT2D eigenvalue weighted by atomic mass is 35.5. The number of benzene rings is 2. The molecule has 0 bridgehead atoms. The Morgan fingerprint density at radius 1 is 1.06 bits per heavy atom. The van der Waals surface area contributed by atoms with E-state index in [4.69, 9.17) is 27.9 Å². The Balaban J connectivity index is 2.17. The number of hydrogen-bond acceptors (Lipinski definition) is 3. The van der Waals surface area contributed by atoms with Gasteiger partial charge in [-0.2, -0.15) is 0 Å². The maximum atomic E-state index is 13.1. The number of carbonyl (C=O) groups is 2. The Labute approximate surface area is 194 Å². The number of rotatable bonds is 10. The van der Waals surface area contributed by atoms with Gasteiger partial charge in [0.2, 0.25) is 5.91 Å². The quantitative estimate of drug-likeness (QED) is 0.520. The topological polar surface area (TPSA) is 58.6 Å². The smallest absolute Gasteiger partial charge is 0.261 e. The van der Waals surface area contributed by atoms with Crippen molar-refractivity contribution in [2.45, 2.75) is 59.2 Å². The van der Waals surface area contributed by atoms with Crippen LogP contribution in [-0.2, 0) is 22.6 Å². The lowest BCUT2D eigenvalue weighted by molar-refractivity contribution is -0.142. The monoisotopic (exact) mass is 464 g/mol. The summed E-state index contributed by atoms with van der Waals surface area (Å²) in [6, 6.07) is 12.0. The van der Waals surface area contributed by atoms with Crippen molar-refractivity contribution in [3.63, 3.8) is 0 Å². The van der Waals surface area contributed by atoms with Crippen LogP contribution in [0.5, 0.6) is 5.75 Å². The summed E-state index contributed by atoms with van der Waals surface area (Å²) < 4.78 is 5.69. The third kappa shape index (κ3) is 7.44. The first-order valence-corrected chi connectivity index (χ1v) is 11.3. The van der Waals surface area contributed by atoms with Gasteiger partial charge in [-0.25, -0.2) is 0 Å². The first kappa shape index (κ1) is 25.0. The molecule has 0 aliphatic heterocycles. The molecule has 1 N–H and O–H groups in total. The van der Waals surface area contributed by atoms with E-state index in [2.05, 4.69) is 12.2 Å². The zero-order valence-corrected chi connectivity index (χ0v) is 20.0. The van der Waals surface area contributed by atoms with Crippen molar-refractivity contribution < 1.29 is 14.3 Å². The van der Waals surface area contributed by atoms with Gasteiger partial charge in [0.25, 0.3) is 5.91 Å². The second kappa shape index (κ2) is 12.0. The first-order valence-electron chi connectivity index (χ1n) is 10.5. The Hall–Kier alpha value is -2.24. The third-order valence-corrected chi connectivity index (χ3v) is 5.80. The van der Waals surface area contributed by atoms with Crippen molar-refractivity contribution in [2.24, 2.45) is 0 Å². The lowest BCUT2D eigenvalue weighted by Gasteiger charge is -2.30. The van der Waals surface area contributed by atoms with Gasteiger partial charge in [-0.1, -0.05) is 55.2 Å². The van der Waals surface area contributed by atoms with Crippen LogP contribution in [0, 0.1) is 0 Å². The fraction of sp³-hybridized carbons (Fsp3) is 0.417. The Bertz CT molecular complexity index is 887. The molecule has 2 amide bonds. The van der Waals surface area contributed by atoms with Crippen LogP contribution in [0.2, 0.25) is 10.0 Å². The highest BCUT2D eigenvalue weighted by Gasteiger charge is 2.27. The molecule has 2 rings (SSSR count). The molecule has 0 aromatic heterocycles. The number of ether oxygens (including phenoxy) is 1. The molecule has 2 aromatic rings. The molecule has 2 atom stereocenters. The average Bonchev–Trinajstić information content (AvgIpc) is 2.76. The molecule has 0 fully saturated rings. The van der Waals surface area contributed by atoms with E-state index in [0.29, 0.717) is 21.4 Å². The number of aryl methyl sites for hydroxylation is 1. The highest BCUT2D eigenvalue weighted by Crippen LogP contribution is 2.23. The second-order valence-corrected chi connectivity index (χ2v) is 8.38. The fourth-order valence-electron chi connectivity index (χ4n) is 2.93. The summed E-state index contributed by atoms with van der Waals surface area (Å²) in [6.45, 7) is 7.68. The van der Waals surface area contributed by atoms with Crippen molar-refractivity contribution >= 4 is 35.0 Å². The molecule has 0 saturated heterocycles. The van der Waals surface area contributed by atoms with E-state index in [1.54, 1.807) is 25.1 Å². The fourth-order valence-corrected chi connectivity index (χ4v) is 3.40. The lowest BCUT2D eigenvalue weighted by Crippen LogP contribution is -2.50. The molecule has 5 nitrogen and oxygen atoms in total. The van der Waals surface area contributed by atoms with Crippen LogP contribution < -0.4 is 10.1 Å². The predicted molar refractivity (Wildman–Crippen MR) is 126 cm³/mol. The van der Waals surface area contributed by atoms with E-state index in [1.807, 2.05) is 38.1 Å². The Kier molecular flexibility index (Phi) is 9.66. The van der Waals surface area contributed by atoms with E-state index in [-0.39, 0.29) is 31.0 Å². The molecular weight excluding hydrogens is 435 g/mol. The van der Waals surface area contributed by atoms with Gasteiger partial charge in [0.1, 0.15) is 11.8 Å². The summed E-state index contributed by atoms with van der Waals surface area (Å²) in [7, 11) is 0. The molecule has 0 unspecified atom stereocenters. The van der Waals surface area contributed by atoms with Crippen LogP contribution in [0.1, 0.15) is 45.2 Å². The zero-order chi connectivity index (χ0) is 23.0. The van der Waals surface area contributed by atoms with E-state index in [9.17, 15) is 9.59 Å². The van der Waals surface area contributed by atoms with Crippen LogP contribution in [0.15, 0.2) is 42.5 Å². The number of carbonyl (C=O) groups excluding carboxylic acids is 2. The van der Waals surface area contributed by atoms with Crippen molar-refractivity contribution in [2.75, 3.05) is 6.61 Å². The van der Waals surface area contributed by atoms with Gasteiger partial charge in [-0.15, -0.1) is 0 Å². The van der Waals surface area contributed by atoms with E-state index in [0.717, 1.165) is 12.8 Å². The largest absolute Gasteiger partial charge is 0.484 e. The SMILES string of the molecule is CCc1ccc(OCC(=O)N(Cc2ccc(Cl)cc2Cl)[C@@H](C)C(=O)N[C@@H](C)CC)cc1. The summed E-state index contributed by atoms with van der Waals surface area (Å²) in [6.07, 6.45) is 1.73. The summed E-state index contributed by atoms with van der Waals surface area (Å²) in [4.78, 5) is 27.3. The lowest BCUT2D eigenvalue weighted by atomic mass is 10.1. The van der Waals surface area contributed by atoms with E-state index >= 15 is 0 Å². The minimum Gasteiger partial charge on any atom is -0.484 e. The maximum Gasteiger partial charge on any atom is 0.261 e. The normalized spacial score (nSPS) is 12.7. The summed E-state index contributed by atoms with van der Waals surface area (Å²) >= 11 is 12.3. The van der Waals surface area contributed by atoms with E-state index < -0.39 is 6.04 Å². The second-order valence-electron chi connectivity index (χ2n) is 7.54. The Morgan fingerprint density at radius 2 is 1.74 bits per heavy atom. The van der Waals surface area contributed by atoms with Crippen LogP contribution in [-0.4, -0.2) is 35.4 Å². The minimum atomic E-state index is -0.695. The number of nitrogens with one attached hydrogen (secondary N) is 1. The number of amides is 2. The minimum absolute atomic E-state index is 0.0133. The zero-order valence-electron chi connectivity index (χ0n) is 18.5. The number of hydrogen-bond donors (Lipinski definition) is 1. The first-order chi connectivity index (χ1) is 14.7. The van der Waals surface area contributed by atoms with Crippen LogP contribution in [0.4, 0.5) is 0 Å². The van der Waals surface area contributed by atoms with Gasteiger partial charge >= 0.3 is 0 Å². The molecule has 0 spiro atoms. The van der Waals surface area contributed by atoms with Gasteiger partial charge in [0, 0.05) is 22.6 Å². The standard InChI is InChI=1S/C24H30Cl2N2O3/c1-5-16(3)27-24(30)17(4)28(14-19-9-10-20(25)13-22(19)26)23(29)15-31-21-11-7-18(6-2)8-12-21/h7-13,16-17H,5-6,14-15H2,1-4H3,(H,27,30)/t16-,17-/m0/s1. The molecule has 0 heterocycles. The summed E-state index contributed by atoms with van der Waals surface area (Å²) in [5.41, 5.74) is 1.89. The molecule has 0 aliphatic rings. The molecule has 2 aromatic carbocycles. The van der Waals surface area contributed by atoms with Gasteiger partial charge in [0.05, 0.1) is 0 Å². The molecular formula is C24H30Cl2N2O3. The van der Waals surface area contributed by atoms with Crippen molar-refractivity contribution in [3.8, 4) is 5.75 Å². The van der Waals surface area contributed by atoms with Crippen LogP contribution >= 0.6 is 23.2 Å². The third-order valence-electron chi connectivity index (χ3n) is 5.22. The summed E-state index contributed by atoms with van der Waals surface area (Å²) in [5, 5.41) is 3.88. The molecule has 168 valence electrons. The van der Waals surface area contributed by atoms with Crippen molar-refractivity contribution in [1.29, 1.82) is 0 Å². The molecule has 0 saturated carbocycles. The van der Waals surface area contributed by atoms with Gasteiger partial charge in [-0.05, 0) is 62.1 Å². The van der Waals surface area contributed by atoms with Crippen LogP contribution in [0.25, 0.3) is 0 Å². The summed E-state index contributed by atoms with van der Waals surface area (Å²) in [5.74, 6) is 0.0733. The molecule has 0 radical (unpaired) electrons. The van der Waals surface area contributed by atoms with Crippen molar-refractivity contribution in [3.05, 3.63) is 63.6 Å². The highest BCUT2D eigenvalue weighted by molar-refractivity contribution is 6.35. The van der Waals surface area contributed by atoms with Crippen LogP contribution in [0.3, 0.4) is 0 Å². The molecule has 0 aliphatic carbocycles. The van der Waals surface area contributed by atoms with Gasteiger partial charge < -0.3 is 15.0 Å². The Morgan fingerprint density at radius 3 is 2.32 bits per heavy atom. The van der Waals surface area contributed by atoms with Gasteiger partial charge in [0.15, 0.2) is 6.61 Å². The molecule has 7 heteroatoms. The predicted octanol–water partition coefficient (Wildman–Crippen LogP) is 5.27. The average molecular weight is 465 g/mol. The van der Waals surface area contributed by atoms with Crippen molar-refractivity contribution in [1.82, 2.24) is 10.2 Å². The number of nitrogens with zero attached hydrogens (tertiary/aromatic N) is 1. The van der Waals surface area contributed by atoms with E-state index in [1.165, 1.54) is 10.5 Å². The maximum absolute atomic E-state index is 13.1. The molecule has 31 heavy (non-hydrogen) atoms.